The highest BCUT2D eigenvalue weighted by Crippen LogP contribution is 2.20. The van der Waals surface area contributed by atoms with Gasteiger partial charge in [-0.05, 0) is 38.5 Å². The van der Waals surface area contributed by atoms with Gasteiger partial charge in [0.1, 0.15) is 8.30 Å². The maximum atomic E-state index is 5.62. The highest BCUT2D eigenvalue weighted by atomic mass is 127. The Bertz CT molecular complexity index is 217. The SMILES string of the molecule is Nc1nc(I)c(Cl)nc1Br. The summed E-state index contributed by atoms with van der Waals surface area (Å²) in [4.78, 5) is 7.76. The van der Waals surface area contributed by atoms with Crippen LogP contribution in [0, 0.1) is 3.70 Å². The molecule has 10 heavy (non-hydrogen) atoms. The number of halogens is 3. The fourth-order valence-corrected chi connectivity index (χ4v) is 1.26. The van der Waals surface area contributed by atoms with E-state index in [0.29, 0.717) is 19.3 Å². The van der Waals surface area contributed by atoms with Crippen molar-refractivity contribution in [3.05, 3.63) is 13.5 Å². The van der Waals surface area contributed by atoms with Crippen molar-refractivity contribution in [2.75, 3.05) is 5.73 Å². The summed E-state index contributed by atoms with van der Waals surface area (Å²) >= 11 is 10.7. The quantitative estimate of drug-likeness (QED) is 0.739. The van der Waals surface area contributed by atoms with Crippen molar-refractivity contribution in [3.63, 3.8) is 0 Å². The van der Waals surface area contributed by atoms with Crippen LogP contribution in [0.2, 0.25) is 5.15 Å². The number of hydrogen-bond donors (Lipinski definition) is 1. The van der Waals surface area contributed by atoms with Gasteiger partial charge in [-0.1, -0.05) is 11.6 Å². The largest absolute Gasteiger partial charge is 0.381 e. The summed E-state index contributed by atoms with van der Waals surface area (Å²) in [6.07, 6.45) is 0. The van der Waals surface area contributed by atoms with Crippen molar-refractivity contribution in [1.82, 2.24) is 9.97 Å². The van der Waals surface area contributed by atoms with Crippen LogP contribution in [0.5, 0.6) is 0 Å². The molecule has 0 radical (unpaired) electrons. The topological polar surface area (TPSA) is 51.8 Å². The molecule has 0 saturated heterocycles. The van der Waals surface area contributed by atoms with Crippen LogP contribution in [0.15, 0.2) is 4.60 Å². The molecule has 0 spiro atoms. The van der Waals surface area contributed by atoms with Crippen molar-refractivity contribution in [1.29, 1.82) is 0 Å². The Balaban J connectivity index is 3.28. The summed E-state index contributed by atoms with van der Waals surface area (Å²) in [5.41, 5.74) is 5.41. The maximum Gasteiger partial charge on any atom is 0.162 e. The predicted octanol–water partition coefficient (Wildman–Crippen LogP) is 2.08. The van der Waals surface area contributed by atoms with Gasteiger partial charge in [0.15, 0.2) is 11.0 Å². The smallest absolute Gasteiger partial charge is 0.162 e. The second kappa shape index (κ2) is 3.19. The van der Waals surface area contributed by atoms with Gasteiger partial charge in [0.2, 0.25) is 0 Å². The molecule has 54 valence electrons. The standard InChI is InChI=1S/C4H2BrClIN3/c5-1-4(8)10-3(7)2(6)9-1/h(H2,8,10). The van der Waals surface area contributed by atoms with Gasteiger partial charge in [-0.3, -0.25) is 0 Å². The number of rotatable bonds is 0. The van der Waals surface area contributed by atoms with E-state index in [9.17, 15) is 0 Å². The number of anilines is 1. The second-order valence-electron chi connectivity index (χ2n) is 1.48. The lowest BCUT2D eigenvalue weighted by molar-refractivity contribution is 1.14. The Labute approximate surface area is 84.6 Å². The molecule has 0 aliphatic heterocycles. The lowest BCUT2D eigenvalue weighted by atomic mass is 10.7. The van der Waals surface area contributed by atoms with Gasteiger partial charge in [0, 0.05) is 0 Å². The third-order valence-corrected chi connectivity index (χ3v) is 2.71. The summed E-state index contributed by atoms with van der Waals surface area (Å²) in [7, 11) is 0. The molecule has 3 nitrogen and oxygen atoms in total. The van der Waals surface area contributed by atoms with E-state index >= 15 is 0 Å². The summed E-state index contributed by atoms with van der Waals surface area (Å²) in [5.74, 6) is 0.355. The lowest BCUT2D eigenvalue weighted by Gasteiger charge is -1.97. The minimum Gasteiger partial charge on any atom is -0.381 e. The molecule has 0 unspecified atom stereocenters. The van der Waals surface area contributed by atoms with E-state index in [1.165, 1.54) is 0 Å². The summed E-state index contributed by atoms with van der Waals surface area (Å²) < 4.78 is 1.10. The number of aromatic nitrogens is 2. The minimum atomic E-state index is 0.355. The molecular formula is C4H2BrClIN3. The predicted molar refractivity (Wildman–Crippen MR) is 51.9 cm³/mol. The highest BCUT2D eigenvalue weighted by Gasteiger charge is 2.04. The molecule has 2 N–H and O–H groups in total. The summed E-state index contributed by atoms with van der Waals surface area (Å²) in [5, 5.41) is 0.363. The van der Waals surface area contributed by atoms with Crippen LogP contribution < -0.4 is 5.73 Å². The first-order chi connectivity index (χ1) is 4.61. The molecule has 0 aromatic carbocycles. The molecular weight excluding hydrogens is 332 g/mol. The third kappa shape index (κ3) is 1.70. The fraction of sp³-hybridized carbons (Fsp3) is 0. The zero-order valence-electron chi connectivity index (χ0n) is 4.61. The molecule has 0 atom stereocenters. The van der Waals surface area contributed by atoms with Crippen LogP contribution in [0.25, 0.3) is 0 Å². The van der Waals surface area contributed by atoms with E-state index in [0.717, 1.165) is 0 Å². The van der Waals surface area contributed by atoms with Crippen molar-refractivity contribution >= 4 is 55.9 Å². The van der Waals surface area contributed by atoms with Crippen LogP contribution in [-0.4, -0.2) is 9.97 Å². The van der Waals surface area contributed by atoms with Gasteiger partial charge in [0.25, 0.3) is 0 Å². The normalized spacial score (nSPS) is 9.90. The zero-order chi connectivity index (χ0) is 7.72. The Morgan fingerprint density at radius 2 is 2.10 bits per heavy atom. The number of hydrogen-bond acceptors (Lipinski definition) is 3. The lowest BCUT2D eigenvalue weighted by Crippen LogP contribution is -1.96. The van der Waals surface area contributed by atoms with Crippen molar-refractivity contribution < 1.29 is 0 Å². The molecule has 0 fully saturated rings. The van der Waals surface area contributed by atoms with E-state index < -0.39 is 0 Å². The molecule has 0 saturated carbocycles. The summed E-state index contributed by atoms with van der Waals surface area (Å²) in [6, 6.07) is 0. The van der Waals surface area contributed by atoms with E-state index in [2.05, 4.69) is 25.9 Å². The van der Waals surface area contributed by atoms with Gasteiger partial charge < -0.3 is 5.73 Å². The van der Waals surface area contributed by atoms with Gasteiger partial charge in [-0.2, -0.15) is 0 Å². The maximum absolute atomic E-state index is 5.62. The first-order valence-corrected chi connectivity index (χ1v) is 4.50. The zero-order valence-corrected chi connectivity index (χ0v) is 9.11. The number of nitrogens with two attached hydrogens (primary N) is 1. The van der Waals surface area contributed by atoms with Gasteiger partial charge >= 0.3 is 0 Å². The Morgan fingerprint density at radius 3 is 2.60 bits per heavy atom. The van der Waals surface area contributed by atoms with E-state index in [1.807, 2.05) is 22.6 Å². The van der Waals surface area contributed by atoms with Crippen molar-refractivity contribution in [2.24, 2.45) is 0 Å². The van der Waals surface area contributed by atoms with Crippen molar-refractivity contribution in [2.45, 2.75) is 0 Å². The Morgan fingerprint density at radius 1 is 1.50 bits per heavy atom. The van der Waals surface area contributed by atoms with E-state index in [-0.39, 0.29) is 0 Å². The molecule has 1 heterocycles. The third-order valence-electron chi connectivity index (χ3n) is 0.797. The van der Waals surface area contributed by atoms with Gasteiger partial charge in [-0.15, -0.1) is 0 Å². The number of nitrogens with zero attached hydrogens (tertiary/aromatic N) is 2. The van der Waals surface area contributed by atoms with Crippen LogP contribution in [-0.2, 0) is 0 Å². The van der Waals surface area contributed by atoms with Crippen molar-refractivity contribution in [3.8, 4) is 0 Å². The first kappa shape index (κ1) is 8.48. The molecule has 0 aliphatic rings. The van der Waals surface area contributed by atoms with Crippen LogP contribution in [0.1, 0.15) is 0 Å². The van der Waals surface area contributed by atoms with Crippen LogP contribution in [0.3, 0.4) is 0 Å². The molecule has 1 rings (SSSR count). The number of nitrogen functional groups attached to an aromatic ring is 1. The molecule has 6 heteroatoms. The van der Waals surface area contributed by atoms with Gasteiger partial charge in [0.05, 0.1) is 0 Å². The molecule has 1 aromatic heterocycles. The molecule has 0 amide bonds. The van der Waals surface area contributed by atoms with E-state index in [1.54, 1.807) is 0 Å². The Kier molecular flexibility index (Phi) is 2.70. The molecule has 1 aromatic rings. The average Bonchev–Trinajstić information content (AvgIpc) is 1.84. The molecule has 0 aliphatic carbocycles. The van der Waals surface area contributed by atoms with E-state index in [4.69, 9.17) is 17.3 Å². The van der Waals surface area contributed by atoms with Crippen LogP contribution >= 0.6 is 50.1 Å². The average molecular weight is 334 g/mol. The fourth-order valence-electron chi connectivity index (χ4n) is 0.388. The minimum absolute atomic E-state index is 0.355. The summed E-state index contributed by atoms with van der Waals surface area (Å²) in [6.45, 7) is 0. The monoisotopic (exact) mass is 333 g/mol. The highest BCUT2D eigenvalue weighted by molar-refractivity contribution is 14.1. The Hall–Kier alpha value is 0.380. The van der Waals surface area contributed by atoms with Gasteiger partial charge in [-0.25, -0.2) is 9.97 Å². The molecule has 0 bridgehead atoms. The second-order valence-corrected chi connectivity index (χ2v) is 3.61. The first-order valence-electron chi connectivity index (χ1n) is 2.25. The van der Waals surface area contributed by atoms with Crippen LogP contribution in [0.4, 0.5) is 5.82 Å².